The van der Waals surface area contributed by atoms with Gasteiger partial charge in [-0.2, -0.15) is 47.0 Å². The van der Waals surface area contributed by atoms with E-state index >= 15 is 0 Å². The third-order valence-electron chi connectivity index (χ3n) is 16.6. The van der Waals surface area contributed by atoms with Crippen LogP contribution in [0.25, 0.3) is 0 Å². The Labute approximate surface area is 949 Å². The van der Waals surface area contributed by atoms with Crippen LogP contribution in [0.1, 0.15) is 310 Å². The van der Waals surface area contributed by atoms with Crippen molar-refractivity contribution in [1.82, 2.24) is 90.9 Å². The molecule has 0 aromatic rings. The predicted molar refractivity (Wildman–Crippen MR) is 682 cm³/mol. The molecule has 0 radical (unpaired) electrons. The number of hydrogen-bond donors (Lipinski definition) is 18. The lowest BCUT2D eigenvalue weighted by molar-refractivity contribution is -0.134. The van der Waals surface area contributed by atoms with Gasteiger partial charge in [0.2, 0.25) is 0 Å². The number of unbranched alkanes of at least 4 members (excludes halogenated alkanes) is 17. The number of hydroxylamine groups is 3. The van der Waals surface area contributed by atoms with Crippen LogP contribution in [-0.4, -0.2) is 210 Å². The van der Waals surface area contributed by atoms with E-state index in [1.807, 2.05) is 179 Å². The first-order chi connectivity index (χ1) is 73.7. The van der Waals surface area contributed by atoms with E-state index in [2.05, 4.69) is 329 Å². The fourth-order valence-electron chi connectivity index (χ4n) is 8.84. The lowest BCUT2D eigenvalue weighted by Crippen LogP contribution is -2.14. The maximum absolute atomic E-state index is 9.76. The highest BCUT2D eigenvalue weighted by atomic mass is 32.2. The number of carbonyl (C=O) groups is 5. The van der Waals surface area contributed by atoms with Crippen LogP contribution in [0.5, 0.6) is 0 Å². The van der Waals surface area contributed by atoms with Crippen molar-refractivity contribution >= 4 is 103 Å². The van der Waals surface area contributed by atoms with Crippen LogP contribution >= 0.6 is 70.6 Å². The first-order valence-corrected chi connectivity index (χ1v) is 61.7. The molecule has 0 aromatic carbocycles. The van der Waals surface area contributed by atoms with Crippen molar-refractivity contribution in [3.8, 4) is 0 Å². The summed E-state index contributed by atoms with van der Waals surface area (Å²) < 4.78 is 8.29. The monoisotopic (exact) mass is 2230 g/mol. The topological polar surface area (TPSA) is 362 Å². The minimum absolute atomic E-state index is 0.211. The molecular weight excluding hydrogens is 2000 g/mol. The number of methoxy groups -OCH3 is 1. The molecular formula is C116H234N18O10S6. The molecule has 34 heteroatoms. The molecule has 0 atom stereocenters. The van der Waals surface area contributed by atoms with Crippen LogP contribution < -0.4 is 96.6 Å². The van der Waals surface area contributed by atoms with Gasteiger partial charge >= 0.3 is 19.4 Å². The molecule has 0 aliphatic rings. The highest BCUT2D eigenvalue weighted by Gasteiger charge is 1.93. The fraction of sp³-hybridized carbons (Fsp3) is 0.647. The molecule has 0 fully saturated rings. The first-order valence-electron chi connectivity index (χ1n) is 55.0. The zero-order chi connectivity index (χ0) is 115. The van der Waals surface area contributed by atoms with Gasteiger partial charge in [0.15, 0.2) is 6.73 Å². The minimum Gasteiger partial charge on any atom is -0.471 e. The maximum atomic E-state index is 9.76. The summed E-state index contributed by atoms with van der Waals surface area (Å²) in [5.74, 6) is 12.0. The largest absolute Gasteiger partial charge is 0.471 e. The highest BCUT2D eigenvalue weighted by Crippen LogP contribution is 2.06. The summed E-state index contributed by atoms with van der Waals surface area (Å²) in [6.45, 7) is 58.7. The second-order valence-corrected chi connectivity index (χ2v) is 38.0. The van der Waals surface area contributed by atoms with Crippen LogP contribution in [0.15, 0.2) is 221 Å². The Morgan fingerprint density at radius 3 is 0.947 bits per heavy atom. The van der Waals surface area contributed by atoms with Gasteiger partial charge in [-0.05, 0) is 352 Å². The zero-order valence-corrected chi connectivity index (χ0v) is 104. The van der Waals surface area contributed by atoms with E-state index in [-0.39, 0.29) is 6.73 Å². The van der Waals surface area contributed by atoms with Crippen molar-refractivity contribution in [1.29, 1.82) is 0 Å². The molecule has 0 aliphatic carbocycles. The third kappa shape index (κ3) is 287. The molecule has 0 aliphatic heterocycles. The van der Waals surface area contributed by atoms with E-state index in [0.29, 0.717) is 32.4 Å². The molecule has 0 rings (SSSR count). The fourth-order valence-corrected chi connectivity index (χ4v) is 11.5. The molecule has 0 unspecified atom stereocenters. The summed E-state index contributed by atoms with van der Waals surface area (Å²) in [5.41, 5.74) is 11.9. The Balaban J connectivity index is -0.000000103. The van der Waals surface area contributed by atoms with Crippen LogP contribution in [0.2, 0.25) is 0 Å². The number of hydrogen-bond acceptors (Lipinski definition) is 34. The molecule has 884 valence electrons. The van der Waals surface area contributed by atoms with Crippen molar-refractivity contribution in [2.75, 3.05) is 178 Å². The quantitative estimate of drug-likeness (QED) is 0.00671. The third-order valence-corrected chi connectivity index (χ3v) is 21.3. The van der Waals surface area contributed by atoms with Crippen molar-refractivity contribution in [2.45, 2.75) is 310 Å². The van der Waals surface area contributed by atoms with E-state index in [4.69, 9.17) is 10.5 Å². The van der Waals surface area contributed by atoms with Gasteiger partial charge in [0.05, 0.1) is 7.11 Å². The Hall–Kier alpha value is -8.35. The molecule has 0 spiro atoms. The number of nitrogens with two attached hydrogens (primary N) is 1. The molecule has 28 nitrogen and oxygen atoms in total. The van der Waals surface area contributed by atoms with Crippen molar-refractivity contribution in [3.63, 3.8) is 0 Å². The minimum atomic E-state index is 0.211. The molecule has 150 heavy (non-hydrogen) atoms. The second-order valence-electron chi connectivity index (χ2n) is 29.8. The SMILES string of the molecule is C=CCC.C=CCC.C=CCCC.CC=CN.CCCC=CNCCCCC=CNCCCNC=CSCC.CCCC=CNOC=O.CCCCCCC=CNCC=CNCC.CCSC=CNCCCCCNC=CCCCCNC.CCSCC.CCSCC.CCSCC=CNCC=CNCOC=O.CCSCCC=CNC.CNCCCCC=CNCCC=CNOC=O.CNCCCCC=CNOC=O.COC=O. The summed E-state index contributed by atoms with van der Waals surface area (Å²) in [7, 11) is 9.15. The number of ether oxygens (including phenoxy) is 2. The van der Waals surface area contributed by atoms with Crippen LogP contribution in [0, 0.1) is 0 Å². The number of rotatable bonds is 90. The molecule has 0 aromatic heterocycles. The van der Waals surface area contributed by atoms with Crippen LogP contribution in [0.4, 0.5) is 0 Å². The number of thioether (sulfide) groups is 6. The standard InChI is InChI=1S/C18H35N3S.C16H33N3S.C13H26N2.C12H23N3O2.C10H18N2O2S.C8H16N2O2.C7H15NS.C6H11NO2.C5H10.2C4H10S.2C4H8.C3H7N.C2H4O2/c1-3-5-8-12-19-13-9-6-7-10-14-20-15-11-16-21-17-18-22-4-2;1-3-20-16-15-19-14-10-6-9-13-18-12-8-5-4-7-11-17-2;1-3-5-6-7-8-9-11-15-13-10-12-14-4-2;1-13-8-4-2-3-5-9-14-10-6-7-11-15-17-12-16;1-2-15-8-4-7-11-5-3-6-12-9-14-10-13;1-9-6-4-2-3-5-7-10-12-8-11;1-3-9-7-5-4-6-8-2;1-2-3-4-5-7-9-6-8;3*1-3-5-4-2;2*1-3-4-2;1-2-3-4;1-4-2-3/h8,10,12,14,17-21H,3-7,9,11,13,15-16H2,1-2H3;8,12,15-19H,3-7,9-11,13-14H2,1-2H3;9-12,14-15H,3-8,13H2,1-2H3;5,7,9,11-15H,2-4,6,8,10H2,1H3;3-4,6-7,10-12H,2,5,8-9H2,1H3;5,7-10H,2-4,6H2,1H3;4,6,8H,3,5,7H2,1-2H3;4-7H,2-3H2,1H3;3H,1,4-5H2,2H3;2*3-4H2,1-2H3;2*3H,1,4H2,2H3;2-3H,4H2,1H3;2H,1H3. The normalized spacial score (nSPS) is 10.2. The van der Waals surface area contributed by atoms with Crippen LogP contribution in [0.3, 0.4) is 0 Å². The average Bonchev–Trinajstić information content (AvgIpc) is 1.08. The predicted octanol–water partition coefficient (Wildman–Crippen LogP) is 25.5. The van der Waals surface area contributed by atoms with Gasteiger partial charge in [0, 0.05) is 103 Å². The zero-order valence-electron chi connectivity index (χ0n) is 98.9. The number of allylic oxidation sites excluding steroid dienone is 12. The Morgan fingerprint density at radius 2 is 0.613 bits per heavy atom. The molecule has 0 bridgehead atoms. The lowest BCUT2D eigenvalue weighted by atomic mass is 10.1. The second kappa shape index (κ2) is 220. The lowest BCUT2D eigenvalue weighted by Gasteiger charge is -2.02. The van der Waals surface area contributed by atoms with E-state index in [9.17, 15) is 19.2 Å². The number of nitrogens with one attached hydrogen (secondary N) is 17. The maximum Gasteiger partial charge on any atom is 0.320 e. The van der Waals surface area contributed by atoms with E-state index in [1.54, 1.807) is 30.9 Å². The van der Waals surface area contributed by atoms with Gasteiger partial charge in [0.25, 0.3) is 12.9 Å². The van der Waals surface area contributed by atoms with Gasteiger partial charge in [-0.25, -0.2) is 16.4 Å². The average molecular weight is 2230 g/mol. The number of carbonyl (C=O) groups excluding carboxylic acids is 5. The van der Waals surface area contributed by atoms with Gasteiger partial charge in [0.1, 0.15) is 0 Å². The van der Waals surface area contributed by atoms with E-state index < -0.39 is 0 Å². The van der Waals surface area contributed by atoms with Crippen LogP contribution in [-0.2, 0) is 48.0 Å². The summed E-state index contributed by atoms with van der Waals surface area (Å²) in [6.07, 6.45) is 97.6. The van der Waals surface area contributed by atoms with Gasteiger partial charge in [-0.15, -0.1) is 43.3 Å². The van der Waals surface area contributed by atoms with Gasteiger partial charge in [-0.1, -0.05) is 221 Å². The smallest absolute Gasteiger partial charge is 0.320 e. The molecule has 0 saturated heterocycles. The highest BCUT2D eigenvalue weighted by molar-refractivity contribution is 8.02. The Kier molecular flexibility index (Phi) is 256. The van der Waals surface area contributed by atoms with E-state index in [0.717, 1.165) is 179 Å². The first kappa shape index (κ1) is 175. The van der Waals surface area contributed by atoms with Crippen molar-refractivity contribution < 1.29 is 48.0 Å². The molecule has 0 heterocycles. The van der Waals surface area contributed by atoms with Gasteiger partial charge < -0.3 is 104 Å². The van der Waals surface area contributed by atoms with Crippen molar-refractivity contribution in [3.05, 3.63) is 221 Å². The summed E-state index contributed by atoms with van der Waals surface area (Å²) in [4.78, 5) is 60.3. The van der Waals surface area contributed by atoms with Gasteiger partial charge in [-0.3, -0.25) is 24.0 Å². The summed E-state index contributed by atoms with van der Waals surface area (Å²) >= 11 is 11.4. The Bertz CT molecular complexity index is 2740. The molecule has 19 N–H and O–H groups in total. The summed E-state index contributed by atoms with van der Waals surface area (Å²) in [5, 5.41) is 48.6. The van der Waals surface area contributed by atoms with E-state index in [1.165, 1.54) is 170 Å². The van der Waals surface area contributed by atoms with Crippen molar-refractivity contribution in [2.24, 2.45) is 5.73 Å². The molecule has 0 saturated carbocycles. The summed E-state index contributed by atoms with van der Waals surface area (Å²) in [6, 6.07) is 0. The molecule has 0 amide bonds. The Morgan fingerprint density at radius 1 is 0.287 bits per heavy atom.